The van der Waals surface area contributed by atoms with Crippen LogP contribution in [0.1, 0.15) is 11.1 Å². The highest BCUT2D eigenvalue weighted by molar-refractivity contribution is 6.05. The van der Waals surface area contributed by atoms with E-state index in [-0.39, 0.29) is 11.3 Å². The van der Waals surface area contributed by atoms with Crippen LogP contribution in [0.5, 0.6) is 0 Å². The summed E-state index contributed by atoms with van der Waals surface area (Å²) in [7, 11) is 0. The second-order valence-corrected chi connectivity index (χ2v) is 7.17. The lowest BCUT2D eigenvalue weighted by atomic mass is 9.87. The number of hydrogen-bond donors (Lipinski definition) is 3. The van der Waals surface area contributed by atoms with Gasteiger partial charge in [0.2, 0.25) is 5.82 Å². The van der Waals surface area contributed by atoms with Crippen molar-refractivity contribution in [2.75, 3.05) is 5.32 Å². The molecule has 2 aromatic carbocycles. The molecule has 0 aliphatic carbocycles. The van der Waals surface area contributed by atoms with Crippen LogP contribution in [0.2, 0.25) is 0 Å². The second kappa shape index (κ2) is 7.53. The fraction of sp³-hybridized carbons (Fsp3) is 0.150. The molecule has 0 amide bonds. The van der Waals surface area contributed by atoms with Gasteiger partial charge in [0.1, 0.15) is 17.2 Å². The Labute approximate surface area is 183 Å². The summed E-state index contributed by atoms with van der Waals surface area (Å²) in [4.78, 5) is 27.8. The van der Waals surface area contributed by atoms with Gasteiger partial charge in [0.25, 0.3) is 11.4 Å². The molecule has 0 fully saturated rings. The Kier molecular flexibility index (Phi) is 5.14. The zero-order valence-electron chi connectivity index (χ0n) is 16.4. The summed E-state index contributed by atoms with van der Waals surface area (Å²) in [6.07, 6.45) is -12.3. The Balaban J connectivity index is 2.17. The summed E-state index contributed by atoms with van der Waals surface area (Å²) in [5.74, 6) is -3.70. The molecule has 0 atom stereocenters. The molecule has 4 rings (SSSR count). The van der Waals surface area contributed by atoms with Gasteiger partial charge in [0, 0.05) is 0 Å². The molecule has 3 N–H and O–H groups in total. The van der Waals surface area contributed by atoms with Crippen molar-refractivity contribution in [3.05, 3.63) is 92.1 Å². The average Bonchev–Trinajstić information content (AvgIpc) is 2.73. The van der Waals surface area contributed by atoms with Crippen molar-refractivity contribution in [2.24, 2.45) is 0 Å². The normalized spacial score (nSPS) is 15.4. The van der Waals surface area contributed by atoms with Crippen LogP contribution in [-0.2, 0) is 5.54 Å². The maximum atomic E-state index is 14.2. The molecule has 0 radical (unpaired) electrons. The number of rotatable bonds is 2. The van der Waals surface area contributed by atoms with Crippen LogP contribution >= 0.6 is 0 Å². The van der Waals surface area contributed by atoms with Gasteiger partial charge in [-0.2, -0.15) is 26.3 Å². The van der Waals surface area contributed by atoms with Gasteiger partial charge >= 0.3 is 23.6 Å². The zero-order valence-corrected chi connectivity index (χ0v) is 16.4. The maximum Gasteiger partial charge on any atom is 0.446 e. The number of alkyl halides is 6. The number of H-pyrrole nitrogens is 1. The number of nitrogens with zero attached hydrogens (tertiary/aromatic N) is 1. The van der Waals surface area contributed by atoms with Crippen molar-refractivity contribution in [1.29, 1.82) is 0 Å². The van der Waals surface area contributed by atoms with E-state index >= 15 is 0 Å². The zero-order chi connectivity index (χ0) is 25.1. The molecular weight excluding hydrogens is 480 g/mol. The fourth-order valence-corrected chi connectivity index (χ4v) is 3.59. The number of benzene rings is 2. The van der Waals surface area contributed by atoms with Crippen molar-refractivity contribution in [1.82, 2.24) is 9.55 Å². The molecular formula is C20H11F8N4O2+. The third kappa shape index (κ3) is 3.45. The number of halogens is 8. The summed E-state index contributed by atoms with van der Waals surface area (Å²) in [5, 5.41) is 2.23. The topological polar surface area (TPSA) is 80.9 Å². The van der Waals surface area contributed by atoms with Gasteiger partial charge in [0.15, 0.2) is 0 Å². The predicted octanol–water partition coefficient (Wildman–Crippen LogP) is 2.08. The molecule has 34 heavy (non-hydrogen) atoms. The lowest BCUT2D eigenvalue weighted by Gasteiger charge is -2.35. The van der Waals surface area contributed by atoms with E-state index in [1.807, 2.05) is 0 Å². The molecule has 0 bridgehead atoms. The van der Waals surface area contributed by atoms with Crippen molar-refractivity contribution in [3.8, 4) is 5.69 Å². The first-order valence-electron chi connectivity index (χ1n) is 9.23. The predicted molar refractivity (Wildman–Crippen MR) is 102 cm³/mol. The molecule has 0 saturated heterocycles. The van der Waals surface area contributed by atoms with E-state index in [0.717, 1.165) is 48.5 Å². The molecule has 0 unspecified atom stereocenters. The van der Waals surface area contributed by atoms with Crippen LogP contribution in [0.15, 0.2) is 58.1 Å². The highest BCUT2D eigenvalue weighted by Gasteiger charge is 2.78. The molecule has 1 aliphatic heterocycles. The first kappa shape index (κ1) is 23.2. The van der Waals surface area contributed by atoms with Crippen LogP contribution in [0.4, 0.5) is 40.9 Å². The quantitative estimate of drug-likeness (QED) is 0.481. The van der Waals surface area contributed by atoms with Gasteiger partial charge in [-0.05, 0) is 48.5 Å². The maximum absolute atomic E-state index is 14.2. The smallest absolute Gasteiger partial charge is 0.273 e. The van der Waals surface area contributed by atoms with Gasteiger partial charge in [-0.25, -0.2) is 28.5 Å². The summed E-state index contributed by atoms with van der Waals surface area (Å²) >= 11 is 0. The SMILES string of the molecule is O=c1[nH]c(=O)n(-c2ccc(F)cc2)c2c1C(C(F)(F)F)(C(F)(F)F)[NH+]=C(c1ccc(F)cc1)N2. The van der Waals surface area contributed by atoms with E-state index in [0.29, 0.717) is 4.57 Å². The van der Waals surface area contributed by atoms with Crippen LogP contribution in [0.25, 0.3) is 5.69 Å². The third-order valence-electron chi connectivity index (χ3n) is 5.11. The summed E-state index contributed by atoms with van der Waals surface area (Å²) in [6, 6.07) is 6.81. The van der Waals surface area contributed by atoms with E-state index < -0.39 is 58.0 Å². The van der Waals surface area contributed by atoms with Crippen molar-refractivity contribution in [3.63, 3.8) is 0 Å². The number of hydrogen-bond acceptors (Lipinski definition) is 3. The van der Waals surface area contributed by atoms with Crippen molar-refractivity contribution >= 4 is 11.7 Å². The van der Waals surface area contributed by atoms with Gasteiger partial charge in [-0.15, -0.1) is 0 Å². The van der Waals surface area contributed by atoms with Gasteiger partial charge in [-0.3, -0.25) is 9.78 Å². The minimum Gasteiger partial charge on any atom is -0.273 e. The van der Waals surface area contributed by atoms with Gasteiger partial charge in [-0.1, -0.05) is 0 Å². The van der Waals surface area contributed by atoms with Crippen molar-refractivity contribution < 1.29 is 40.1 Å². The van der Waals surface area contributed by atoms with Crippen LogP contribution < -0.4 is 21.6 Å². The van der Waals surface area contributed by atoms with E-state index in [4.69, 9.17) is 0 Å². The van der Waals surface area contributed by atoms with Crippen molar-refractivity contribution in [2.45, 2.75) is 17.9 Å². The third-order valence-corrected chi connectivity index (χ3v) is 5.11. The summed E-state index contributed by atoms with van der Waals surface area (Å²) in [5.41, 5.74) is -10.9. The van der Waals surface area contributed by atoms with E-state index in [9.17, 15) is 44.7 Å². The fourth-order valence-electron chi connectivity index (χ4n) is 3.59. The number of amidine groups is 1. The van der Waals surface area contributed by atoms with Crippen LogP contribution in [0.3, 0.4) is 0 Å². The van der Waals surface area contributed by atoms with Gasteiger partial charge < -0.3 is 0 Å². The number of fused-ring (bicyclic) bond motifs is 1. The Bertz CT molecular complexity index is 1390. The monoisotopic (exact) mass is 491 g/mol. The molecule has 178 valence electrons. The van der Waals surface area contributed by atoms with Crippen LogP contribution in [0, 0.1) is 11.6 Å². The second-order valence-electron chi connectivity index (χ2n) is 7.17. The largest absolute Gasteiger partial charge is 0.446 e. The lowest BCUT2D eigenvalue weighted by Crippen LogP contribution is -2.97. The number of anilines is 1. The minimum atomic E-state index is -6.15. The van der Waals surface area contributed by atoms with Crippen LogP contribution in [-0.4, -0.2) is 27.7 Å². The molecule has 3 aromatic rings. The minimum absolute atomic E-state index is 0.340. The van der Waals surface area contributed by atoms with E-state index in [1.54, 1.807) is 0 Å². The Morgan fingerprint density at radius 2 is 1.29 bits per heavy atom. The molecule has 6 nitrogen and oxygen atoms in total. The van der Waals surface area contributed by atoms with E-state index in [2.05, 4.69) is 5.32 Å². The molecule has 14 heteroatoms. The number of aromatic nitrogens is 2. The first-order valence-corrected chi connectivity index (χ1v) is 9.23. The number of nitrogens with one attached hydrogen (secondary N) is 3. The standard InChI is InChI=1S/C20H10F8N4O2/c21-10-3-1-9(2-4-10)14-29-15-13(18(31-14,19(23,24)25)20(26,27)28)16(33)30-17(34)32(15)12-7-5-11(22)6-8-12/h1-8H,(H,29,31)(H,30,33,34)/p+1. The Morgan fingerprint density at radius 1 is 0.794 bits per heavy atom. The van der Waals surface area contributed by atoms with Gasteiger partial charge in [0.05, 0.1) is 11.3 Å². The number of aromatic amines is 1. The molecule has 0 saturated carbocycles. The highest BCUT2D eigenvalue weighted by Crippen LogP contribution is 2.48. The highest BCUT2D eigenvalue weighted by atomic mass is 19.4. The first-order chi connectivity index (χ1) is 15.8. The Morgan fingerprint density at radius 3 is 1.79 bits per heavy atom. The Hall–Kier alpha value is -3.97. The molecule has 1 aromatic heterocycles. The summed E-state index contributed by atoms with van der Waals surface area (Å²) < 4.78 is 112. The summed E-state index contributed by atoms with van der Waals surface area (Å²) in [6.45, 7) is 0. The molecule has 2 heterocycles. The van der Waals surface area contributed by atoms with E-state index in [1.165, 1.54) is 9.98 Å². The molecule has 0 spiro atoms. The average molecular weight is 491 g/mol. The lowest BCUT2D eigenvalue weighted by molar-refractivity contribution is -0.658. The molecule has 1 aliphatic rings.